The Hall–Kier alpha value is -6.09. The number of nitrogens with zero attached hydrogens (tertiary/aromatic N) is 4. The highest BCUT2D eigenvalue weighted by atomic mass is 35.5. The van der Waals surface area contributed by atoms with Crippen LogP contribution in [0.2, 0.25) is 15.1 Å². The van der Waals surface area contributed by atoms with Gasteiger partial charge in [0.2, 0.25) is 0 Å². The van der Waals surface area contributed by atoms with E-state index in [4.69, 9.17) is 49.8 Å². The van der Waals surface area contributed by atoms with Crippen molar-refractivity contribution in [3.63, 3.8) is 0 Å². The number of alkyl halides is 6. The van der Waals surface area contributed by atoms with Gasteiger partial charge in [-0.2, -0.15) is 39.8 Å². The van der Waals surface area contributed by atoms with E-state index in [2.05, 4.69) is 32.0 Å². The summed E-state index contributed by atoms with van der Waals surface area (Å²) < 4.78 is 94.2. The number of ether oxygens (including phenoxy) is 1. The molecular weight excluding hydrogens is 1070 g/mol. The molecule has 392 valence electrons. The highest BCUT2D eigenvalue weighted by molar-refractivity contribution is 7.59. The van der Waals surface area contributed by atoms with Gasteiger partial charge in [-0.25, -0.2) is 14.0 Å². The molecular formula is C46H43Cl3F7N7O9S. The number of amides is 3. The molecule has 0 unspecified atom stereocenters. The first-order valence-electron chi connectivity index (χ1n) is 21.0. The fourth-order valence-corrected chi connectivity index (χ4v) is 7.47. The summed E-state index contributed by atoms with van der Waals surface area (Å²) in [5, 5.41) is 55.5. The summed E-state index contributed by atoms with van der Waals surface area (Å²) in [6.45, 7) is 1.42. The van der Waals surface area contributed by atoms with E-state index >= 15 is 0 Å². The van der Waals surface area contributed by atoms with Gasteiger partial charge >= 0.3 is 24.5 Å². The van der Waals surface area contributed by atoms with Crippen molar-refractivity contribution in [3.8, 4) is 5.75 Å². The van der Waals surface area contributed by atoms with Gasteiger partial charge in [0.1, 0.15) is 23.8 Å². The molecule has 3 amide bonds. The maximum atomic E-state index is 13.7. The van der Waals surface area contributed by atoms with Crippen molar-refractivity contribution in [2.45, 2.75) is 37.4 Å². The van der Waals surface area contributed by atoms with Crippen LogP contribution in [0.5, 0.6) is 5.75 Å². The minimum Gasteiger partial charge on any atom is -0.410 e. The topological polar surface area (TPSA) is 233 Å². The number of pyridine rings is 2. The average molecular weight is 1110 g/mol. The molecule has 0 saturated carbocycles. The van der Waals surface area contributed by atoms with E-state index in [1.165, 1.54) is 29.3 Å². The number of benzene rings is 3. The largest absolute Gasteiger partial charge is 0.419 e. The molecule has 0 bridgehead atoms. The fraction of sp³-hybridized carbons (Fsp3) is 0.261. The second kappa shape index (κ2) is 26.7. The zero-order valence-corrected chi connectivity index (χ0v) is 40.7. The van der Waals surface area contributed by atoms with Crippen LogP contribution in [-0.2, 0) is 12.4 Å². The third-order valence-corrected chi connectivity index (χ3v) is 11.2. The first kappa shape index (κ1) is 59.5. The molecule has 73 heavy (non-hydrogen) atoms. The number of anilines is 2. The first-order valence-corrected chi connectivity index (χ1v) is 22.1. The summed E-state index contributed by atoms with van der Waals surface area (Å²) >= 11 is 17.9. The molecule has 0 radical (unpaired) electrons. The number of non-ortho nitro benzene ring substituents is 1. The Labute approximate surface area is 432 Å². The molecule has 2 aliphatic heterocycles. The van der Waals surface area contributed by atoms with E-state index in [9.17, 15) is 60.6 Å². The summed E-state index contributed by atoms with van der Waals surface area (Å²) in [7, 11) is 0. The van der Waals surface area contributed by atoms with Crippen LogP contribution < -0.4 is 20.7 Å². The summed E-state index contributed by atoms with van der Waals surface area (Å²) in [5.74, 6) is -1.45. The molecule has 0 saturated heterocycles. The summed E-state index contributed by atoms with van der Waals surface area (Å²) in [6, 6.07) is 12.1. The molecule has 0 aliphatic carbocycles. The Morgan fingerprint density at radius 2 is 1.30 bits per heavy atom. The number of nitro benzene ring substituents is 1. The molecule has 3 aromatic carbocycles. The number of rotatable bonds is 10. The Bertz CT molecular complexity index is 2810. The minimum atomic E-state index is -4.82. The van der Waals surface area contributed by atoms with Crippen molar-refractivity contribution >= 4 is 88.6 Å². The van der Waals surface area contributed by atoms with Crippen molar-refractivity contribution < 1.29 is 70.4 Å². The quantitative estimate of drug-likeness (QED) is 0.0393. The van der Waals surface area contributed by atoms with Crippen LogP contribution >= 0.6 is 48.3 Å². The number of aliphatic hydroxyl groups is 4. The summed E-state index contributed by atoms with van der Waals surface area (Å²) in [5.41, 5.74) is 1.36. The van der Waals surface area contributed by atoms with Crippen molar-refractivity contribution in [2.24, 2.45) is 0 Å². The Balaban J connectivity index is 0.000000246. The Kier molecular flexibility index (Phi) is 21.8. The number of carbonyl (C=O) groups excluding carboxylic acids is 2. The zero-order valence-electron chi connectivity index (χ0n) is 37.4. The van der Waals surface area contributed by atoms with Gasteiger partial charge in [0, 0.05) is 66.7 Å². The van der Waals surface area contributed by atoms with Crippen molar-refractivity contribution in [3.05, 3.63) is 162 Å². The number of aliphatic hydroxyl groups excluding tert-OH is 4. The highest BCUT2D eigenvalue weighted by Crippen LogP contribution is 2.37. The van der Waals surface area contributed by atoms with E-state index in [1.807, 2.05) is 0 Å². The van der Waals surface area contributed by atoms with Crippen LogP contribution in [0.1, 0.15) is 58.7 Å². The molecule has 5 aromatic rings. The molecule has 2 atom stereocenters. The van der Waals surface area contributed by atoms with E-state index in [0.717, 1.165) is 72.7 Å². The third kappa shape index (κ3) is 17.0. The number of nitro groups is 1. The number of halogens is 10. The average Bonchev–Trinajstić information content (AvgIpc) is 3.33. The van der Waals surface area contributed by atoms with Crippen LogP contribution in [0.15, 0.2) is 97.3 Å². The normalized spacial score (nSPS) is 14.3. The number of carbonyl (C=O) groups is 2. The molecule has 7 N–H and O–H groups in total. The molecule has 0 fully saturated rings. The highest BCUT2D eigenvalue weighted by Gasteiger charge is 2.35. The number of urea groups is 1. The predicted octanol–water partition coefficient (Wildman–Crippen LogP) is 10.4. The van der Waals surface area contributed by atoms with Gasteiger partial charge < -0.3 is 40.7 Å². The molecule has 2 aromatic heterocycles. The van der Waals surface area contributed by atoms with Crippen molar-refractivity contribution in [2.75, 3.05) is 50.0 Å². The Morgan fingerprint density at radius 1 is 0.767 bits per heavy atom. The molecule has 7 rings (SSSR count). The lowest BCUT2D eigenvalue weighted by molar-refractivity contribution is -0.384. The lowest BCUT2D eigenvalue weighted by atomic mass is 10.0. The predicted molar refractivity (Wildman–Crippen MR) is 262 cm³/mol. The molecule has 2 aliphatic rings. The Morgan fingerprint density at radius 3 is 1.74 bits per heavy atom. The summed E-state index contributed by atoms with van der Waals surface area (Å²) in [4.78, 5) is 43.8. The number of hydrogen-bond acceptors (Lipinski definition) is 12. The van der Waals surface area contributed by atoms with Gasteiger partial charge in [-0.15, -0.1) is 0 Å². The van der Waals surface area contributed by atoms with Crippen molar-refractivity contribution in [1.82, 2.24) is 20.2 Å². The lowest BCUT2D eigenvalue weighted by Crippen LogP contribution is -2.38. The maximum Gasteiger partial charge on any atom is 0.419 e. The second-order valence-electron chi connectivity index (χ2n) is 15.3. The third-order valence-electron chi connectivity index (χ3n) is 10.3. The number of hydrogen-bond donors (Lipinski definition) is 7. The van der Waals surface area contributed by atoms with Crippen LogP contribution in [-0.4, -0.2) is 91.7 Å². The number of aromatic nitrogens is 2. The maximum absolute atomic E-state index is 13.7. The smallest absolute Gasteiger partial charge is 0.410 e. The second-order valence-corrected chi connectivity index (χ2v) is 16.5. The van der Waals surface area contributed by atoms with Crippen LogP contribution in [0.4, 0.5) is 57.4 Å². The molecule has 4 heterocycles. The standard InChI is InChI=1S/C20H18ClF4N3O3.C14H8ClF3N2O4.C12H15ClN2O2.H2S/c21-15-7-12(17(30)10-29)9-26-18(15)11-3-5-28(6-4-11)19(31)27-13-1-2-14(16(22)8-13)20(23,24)25;15-12-7-8(1-6-11(12)14(16,17)18)19-13(21)24-10-4-2-9(3-5-10)20(22)23;13-10-5-9(11(17)7-16)6-15-12(10)8-1-3-14-4-2-8;/h1-3,7-9,17,29-30H,4-6,10H2,(H,27,31);1-7H,(H,19,21);1,5-6,11,14,16-17H,2-4,7H2;1H2/t17-;;11-;/m1.1./s1. The van der Waals surface area contributed by atoms with Gasteiger partial charge in [-0.1, -0.05) is 47.0 Å². The van der Waals surface area contributed by atoms with Crippen LogP contribution in [0.25, 0.3) is 11.1 Å². The SMILES string of the molecule is O=C(Nc1ccc(C(F)(F)F)c(Cl)c1)Oc1ccc([N+](=O)[O-])cc1.O=C(Nc1ccc(C(F)(F)F)c(F)c1)N1CC=C(c2ncc([C@H](O)CO)cc2Cl)CC1.OC[C@@H](O)c1cnc(C2=CCNCC2)c(Cl)c1.S. The monoisotopic (exact) mass is 1110 g/mol. The van der Waals surface area contributed by atoms with Gasteiger partial charge in [0.25, 0.3) is 5.69 Å². The van der Waals surface area contributed by atoms with E-state index in [0.29, 0.717) is 40.4 Å². The fourth-order valence-electron chi connectivity index (χ4n) is 6.59. The number of nitrogens with one attached hydrogen (secondary N) is 3. The van der Waals surface area contributed by atoms with Crippen LogP contribution in [0, 0.1) is 15.9 Å². The van der Waals surface area contributed by atoms with E-state index < -0.39 is 70.2 Å². The zero-order chi connectivity index (χ0) is 52.9. The summed E-state index contributed by atoms with van der Waals surface area (Å²) in [6.07, 6.45) is -4.35. The molecule has 16 nitrogen and oxygen atoms in total. The lowest BCUT2D eigenvalue weighted by Gasteiger charge is -2.27. The van der Waals surface area contributed by atoms with Gasteiger partial charge in [-0.05, 0) is 91.2 Å². The molecule has 0 spiro atoms. The van der Waals surface area contributed by atoms with Gasteiger partial charge in [0.05, 0.1) is 55.7 Å². The minimum absolute atomic E-state index is 0. The van der Waals surface area contributed by atoms with Crippen molar-refractivity contribution in [1.29, 1.82) is 0 Å². The molecule has 27 heteroatoms. The van der Waals surface area contributed by atoms with Gasteiger partial charge in [0.15, 0.2) is 0 Å². The first-order chi connectivity index (χ1) is 34.0. The van der Waals surface area contributed by atoms with Crippen LogP contribution in [0.3, 0.4) is 0 Å². The van der Waals surface area contributed by atoms with Gasteiger partial charge in [-0.3, -0.25) is 25.4 Å². The van der Waals surface area contributed by atoms with E-state index in [1.54, 1.807) is 18.3 Å². The van der Waals surface area contributed by atoms with E-state index in [-0.39, 0.29) is 61.0 Å².